The summed E-state index contributed by atoms with van der Waals surface area (Å²) >= 11 is 0. The molecule has 0 amide bonds. The number of hydrogen-bond acceptors (Lipinski definition) is 3. The van der Waals surface area contributed by atoms with Crippen molar-refractivity contribution in [1.29, 1.82) is 0 Å². The molecule has 2 unspecified atom stereocenters. The standard InChI is InChI=1S/C16H26N2O/c1-13-6-3-4-8-15(13)16(17-2)9-11-18-10-5-7-14(19)12-18/h3-4,6,8,14,16-17,19H,5,7,9-12H2,1-2H3. The van der Waals surface area contributed by atoms with Crippen LogP contribution >= 0.6 is 0 Å². The minimum Gasteiger partial charge on any atom is -0.392 e. The van der Waals surface area contributed by atoms with Crippen molar-refractivity contribution in [2.75, 3.05) is 26.7 Å². The van der Waals surface area contributed by atoms with Crippen molar-refractivity contribution in [3.63, 3.8) is 0 Å². The van der Waals surface area contributed by atoms with Gasteiger partial charge in [0.1, 0.15) is 0 Å². The van der Waals surface area contributed by atoms with Gasteiger partial charge in [0.15, 0.2) is 0 Å². The number of piperidine rings is 1. The van der Waals surface area contributed by atoms with Crippen LogP contribution < -0.4 is 5.32 Å². The first kappa shape index (κ1) is 14.5. The Balaban J connectivity index is 1.91. The number of hydrogen-bond donors (Lipinski definition) is 2. The lowest BCUT2D eigenvalue weighted by molar-refractivity contribution is 0.0686. The third kappa shape index (κ3) is 4.03. The number of aliphatic hydroxyl groups is 1. The van der Waals surface area contributed by atoms with Crippen molar-refractivity contribution in [3.05, 3.63) is 35.4 Å². The van der Waals surface area contributed by atoms with Gasteiger partial charge in [0.25, 0.3) is 0 Å². The Hall–Kier alpha value is -0.900. The van der Waals surface area contributed by atoms with Crippen molar-refractivity contribution in [2.24, 2.45) is 0 Å². The van der Waals surface area contributed by atoms with Crippen LogP contribution in [-0.4, -0.2) is 42.8 Å². The number of likely N-dealkylation sites (tertiary alicyclic amines) is 1. The molecule has 106 valence electrons. The highest BCUT2D eigenvalue weighted by Gasteiger charge is 2.19. The summed E-state index contributed by atoms with van der Waals surface area (Å²) in [7, 11) is 2.03. The second-order valence-corrected chi connectivity index (χ2v) is 5.58. The monoisotopic (exact) mass is 262 g/mol. The molecule has 2 atom stereocenters. The van der Waals surface area contributed by atoms with Crippen LogP contribution in [0.5, 0.6) is 0 Å². The van der Waals surface area contributed by atoms with Crippen molar-refractivity contribution in [3.8, 4) is 0 Å². The second-order valence-electron chi connectivity index (χ2n) is 5.58. The zero-order valence-electron chi connectivity index (χ0n) is 12.1. The molecule has 1 heterocycles. The van der Waals surface area contributed by atoms with E-state index in [1.54, 1.807) is 0 Å². The van der Waals surface area contributed by atoms with Crippen LogP contribution in [0.2, 0.25) is 0 Å². The molecule has 0 aromatic heterocycles. The van der Waals surface area contributed by atoms with E-state index in [9.17, 15) is 5.11 Å². The highest BCUT2D eigenvalue weighted by molar-refractivity contribution is 5.28. The van der Waals surface area contributed by atoms with Gasteiger partial charge in [-0.05, 0) is 50.9 Å². The number of benzene rings is 1. The van der Waals surface area contributed by atoms with E-state index < -0.39 is 0 Å². The Labute approximate surface area is 116 Å². The van der Waals surface area contributed by atoms with E-state index >= 15 is 0 Å². The van der Waals surface area contributed by atoms with Gasteiger partial charge in [-0.3, -0.25) is 0 Å². The van der Waals surface area contributed by atoms with E-state index in [-0.39, 0.29) is 6.10 Å². The summed E-state index contributed by atoms with van der Waals surface area (Å²) in [6.45, 7) is 5.19. The lowest BCUT2D eigenvalue weighted by Crippen LogP contribution is -2.39. The Morgan fingerprint density at radius 2 is 2.21 bits per heavy atom. The topological polar surface area (TPSA) is 35.5 Å². The fraction of sp³-hybridized carbons (Fsp3) is 0.625. The highest BCUT2D eigenvalue weighted by atomic mass is 16.3. The van der Waals surface area contributed by atoms with Gasteiger partial charge in [0.2, 0.25) is 0 Å². The molecule has 0 saturated carbocycles. The van der Waals surface area contributed by atoms with Crippen LogP contribution in [0, 0.1) is 6.92 Å². The molecule has 2 N–H and O–H groups in total. The first-order valence-corrected chi connectivity index (χ1v) is 7.34. The van der Waals surface area contributed by atoms with E-state index in [0.29, 0.717) is 6.04 Å². The van der Waals surface area contributed by atoms with Gasteiger partial charge in [-0.1, -0.05) is 24.3 Å². The van der Waals surface area contributed by atoms with E-state index in [2.05, 4.69) is 41.4 Å². The molecule has 1 aliphatic heterocycles. The summed E-state index contributed by atoms with van der Waals surface area (Å²) < 4.78 is 0. The van der Waals surface area contributed by atoms with E-state index in [1.165, 1.54) is 11.1 Å². The molecule has 1 saturated heterocycles. The SMILES string of the molecule is CNC(CCN1CCCC(O)C1)c1ccccc1C. The molecule has 2 rings (SSSR count). The molecule has 1 aromatic rings. The maximum Gasteiger partial charge on any atom is 0.0667 e. The predicted molar refractivity (Wildman–Crippen MR) is 79.3 cm³/mol. The average molecular weight is 262 g/mol. The molecule has 19 heavy (non-hydrogen) atoms. The molecule has 0 spiro atoms. The molecule has 3 nitrogen and oxygen atoms in total. The van der Waals surface area contributed by atoms with E-state index in [0.717, 1.165) is 38.9 Å². The van der Waals surface area contributed by atoms with Gasteiger partial charge in [-0.15, -0.1) is 0 Å². The Morgan fingerprint density at radius 3 is 2.89 bits per heavy atom. The number of rotatable bonds is 5. The smallest absolute Gasteiger partial charge is 0.0667 e. The van der Waals surface area contributed by atoms with Gasteiger partial charge < -0.3 is 15.3 Å². The van der Waals surface area contributed by atoms with Crippen LogP contribution in [-0.2, 0) is 0 Å². The lowest BCUT2D eigenvalue weighted by Gasteiger charge is -2.31. The summed E-state index contributed by atoms with van der Waals surface area (Å²) in [5, 5.41) is 13.1. The summed E-state index contributed by atoms with van der Waals surface area (Å²) in [6.07, 6.45) is 3.05. The summed E-state index contributed by atoms with van der Waals surface area (Å²) in [6, 6.07) is 8.98. The first-order valence-electron chi connectivity index (χ1n) is 7.34. The Bertz CT molecular complexity index is 394. The van der Waals surface area contributed by atoms with Gasteiger partial charge in [0, 0.05) is 19.1 Å². The Morgan fingerprint density at radius 1 is 1.42 bits per heavy atom. The Kier molecular flexibility index (Phi) is 5.37. The van der Waals surface area contributed by atoms with Gasteiger partial charge in [-0.25, -0.2) is 0 Å². The van der Waals surface area contributed by atoms with Crippen molar-refractivity contribution in [2.45, 2.75) is 38.3 Å². The van der Waals surface area contributed by atoms with Gasteiger partial charge >= 0.3 is 0 Å². The third-order valence-electron chi connectivity index (χ3n) is 4.13. The number of nitrogens with one attached hydrogen (secondary N) is 1. The number of nitrogens with zero attached hydrogens (tertiary/aromatic N) is 1. The number of aliphatic hydroxyl groups excluding tert-OH is 1. The lowest BCUT2D eigenvalue weighted by atomic mass is 9.98. The first-order chi connectivity index (χ1) is 9.20. The predicted octanol–water partition coefficient (Wildman–Crippen LogP) is 2.10. The molecule has 1 fully saturated rings. The molecular formula is C16H26N2O. The second kappa shape index (κ2) is 7.04. The third-order valence-corrected chi connectivity index (χ3v) is 4.13. The normalized spacial score (nSPS) is 22.4. The van der Waals surface area contributed by atoms with Crippen LogP contribution in [0.3, 0.4) is 0 Å². The van der Waals surface area contributed by atoms with Crippen LogP contribution in [0.25, 0.3) is 0 Å². The maximum absolute atomic E-state index is 9.71. The van der Waals surface area contributed by atoms with E-state index in [1.807, 2.05) is 7.05 Å². The summed E-state index contributed by atoms with van der Waals surface area (Å²) in [5.41, 5.74) is 2.74. The fourth-order valence-corrected chi connectivity index (χ4v) is 2.98. The molecule has 0 radical (unpaired) electrons. The van der Waals surface area contributed by atoms with Gasteiger partial charge in [-0.2, -0.15) is 0 Å². The fourth-order valence-electron chi connectivity index (χ4n) is 2.98. The highest BCUT2D eigenvalue weighted by Crippen LogP contribution is 2.21. The molecular weight excluding hydrogens is 236 g/mol. The van der Waals surface area contributed by atoms with Crippen LogP contribution in [0.1, 0.15) is 36.4 Å². The minimum absolute atomic E-state index is 0.125. The van der Waals surface area contributed by atoms with Crippen LogP contribution in [0.4, 0.5) is 0 Å². The molecule has 0 bridgehead atoms. The zero-order valence-corrected chi connectivity index (χ0v) is 12.1. The molecule has 0 aliphatic carbocycles. The summed E-state index contributed by atoms with van der Waals surface area (Å²) in [4.78, 5) is 2.39. The summed E-state index contributed by atoms with van der Waals surface area (Å²) in [5.74, 6) is 0. The number of aryl methyl sites for hydroxylation is 1. The molecule has 3 heteroatoms. The van der Waals surface area contributed by atoms with Crippen molar-refractivity contribution < 1.29 is 5.11 Å². The zero-order chi connectivity index (χ0) is 13.7. The molecule has 1 aliphatic rings. The van der Waals surface area contributed by atoms with E-state index in [4.69, 9.17) is 0 Å². The molecule has 1 aromatic carbocycles. The maximum atomic E-state index is 9.71. The van der Waals surface area contributed by atoms with Gasteiger partial charge in [0.05, 0.1) is 6.10 Å². The number of β-amino-alcohol motifs (C(OH)–C–C–N with tert-alkyl or cyclic N) is 1. The average Bonchev–Trinajstić information content (AvgIpc) is 2.41. The minimum atomic E-state index is -0.125. The quantitative estimate of drug-likeness (QED) is 0.853. The van der Waals surface area contributed by atoms with Crippen molar-refractivity contribution >= 4 is 0 Å². The largest absolute Gasteiger partial charge is 0.392 e. The van der Waals surface area contributed by atoms with Crippen molar-refractivity contribution in [1.82, 2.24) is 10.2 Å². The van der Waals surface area contributed by atoms with Crippen LogP contribution in [0.15, 0.2) is 24.3 Å².